The molecule has 6 rings (SSSR count). The summed E-state index contributed by atoms with van der Waals surface area (Å²) in [6, 6.07) is -2.77. The van der Waals surface area contributed by atoms with Gasteiger partial charge in [0.05, 0.1) is 11.8 Å². The Bertz CT molecular complexity index is 1600. The van der Waals surface area contributed by atoms with Gasteiger partial charge in [-0.1, -0.05) is 38.5 Å². The molecule has 4 aliphatic heterocycles. The third kappa shape index (κ3) is 20.8. The molecule has 0 spiro atoms. The van der Waals surface area contributed by atoms with E-state index in [4.69, 9.17) is 0 Å². The summed E-state index contributed by atoms with van der Waals surface area (Å²) in [5, 5.41) is 15.8. The number of nitrogens with zero attached hydrogens (tertiary/aromatic N) is 4. The van der Waals surface area contributed by atoms with Gasteiger partial charge in [0, 0.05) is 44.1 Å². The summed E-state index contributed by atoms with van der Waals surface area (Å²) in [5.74, 6) is -7.38. The zero-order valence-corrected chi connectivity index (χ0v) is 35.6. The molecule has 0 saturated carbocycles. The maximum atomic E-state index is 13.4. The molecule has 6 aliphatic rings. The summed E-state index contributed by atoms with van der Waals surface area (Å²) in [5.41, 5.74) is 4.88. The summed E-state index contributed by atoms with van der Waals surface area (Å²) in [6.07, 6.45) is -16.0. The van der Waals surface area contributed by atoms with Gasteiger partial charge in [-0.2, -0.15) is 64.8 Å². The van der Waals surface area contributed by atoms with Gasteiger partial charge in [-0.3, -0.25) is 0 Å². The van der Waals surface area contributed by atoms with Gasteiger partial charge >= 0.3 is 57.7 Å². The molecule has 8 unspecified atom stereocenters. The molecule has 0 N–H and O–H groups in total. The summed E-state index contributed by atoms with van der Waals surface area (Å²) < 4.78 is 262. The fraction of sp³-hybridized carbons (Fsp3) is 0.667. The third-order valence-corrected chi connectivity index (χ3v) is 10.1. The number of allylic oxidation sites excluding steroid dienone is 4. The topological polar surface area (TPSA) is 56.4 Å². The van der Waals surface area contributed by atoms with Crippen molar-refractivity contribution in [2.75, 3.05) is 26.2 Å². The van der Waals surface area contributed by atoms with Gasteiger partial charge in [0.2, 0.25) is 12.3 Å². The molecular weight excluding hydrogens is 1130 g/mol. The zero-order valence-electron chi connectivity index (χ0n) is 32.3. The number of rotatable bonds is 3. The van der Waals surface area contributed by atoms with Crippen LogP contribution in [0.1, 0.15) is 51.4 Å². The van der Waals surface area contributed by atoms with Crippen molar-refractivity contribution in [2.45, 2.75) is 100 Å². The van der Waals surface area contributed by atoms with Gasteiger partial charge in [0.25, 0.3) is 0 Å². The van der Waals surface area contributed by atoms with Crippen LogP contribution in [-0.4, -0.2) is 75.1 Å². The quantitative estimate of drug-likeness (QED) is 0.154. The second-order valence-electron chi connectivity index (χ2n) is 15.0. The van der Waals surface area contributed by atoms with Crippen molar-refractivity contribution in [1.82, 2.24) is 0 Å². The Kier molecular flexibility index (Phi) is 19.5. The Morgan fingerprint density at radius 2 is 0.750 bits per heavy atom. The average Bonchev–Trinajstić information content (AvgIpc) is 3.13. The first kappa shape index (κ1) is 58.0. The maximum Gasteiger partial charge on any atom is 0 e. The minimum absolute atomic E-state index is 0. The van der Waals surface area contributed by atoms with E-state index in [2.05, 4.69) is 32.7 Å². The maximum absolute atomic E-state index is 13.4. The number of piperidine rings is 4. The van der Waals surface area contributed by atoms with Crippen molar-refractivity contribution in [3.63, 3.8) is 0 Å². The second kappa shape index (κ2) is 21.5. The van der Waals surface area contributed by atoms with E-state index >= 15 is 0 Å². The summed E-state index contributed by atoms with van der Waals surface area (Å²) >= 11 is 0. The molecule has 0 bridgehead atoms. The van der Waals surface area contributed by atoms with Crippen LogP contribution in [0.2, 0.25) is 0 Å². The Labute approximate surface area is 365 Å². The predicted octanol–water partition coefficient (Wildman–Crippen LogP) is 16.1. The van der Waals surface area contributed by atoms with Crippen LogP contribution < -0.4 is 0 Å². The molecule has 0 aromatic rings. The molecule has 64 heavy (non-hydrogen) atoms. The predicted molar refractivity (Wildman–Crippen MR) is 187 cm³/mol. The molecule has 4 heterocycles. The van der Waals surface area contributed by atoms with Crippen LogP contribution in [0.25, 0.3) is 21.3 Å². The molecule has 3 radical (unpaired) electrons. The van der Waals surface area contributed by atoms with E-state index in [1.165, 1.54) is 0 Å². The zero-order chi connectivity index (χ0) is 48.0. The minimum atomic E-state index is -10.7. The van der Waals surface area contributed by atoms with E-state index in [1.54, 1.807) is 0 Å². The van der Waals surface area contributed by atoms with Crippen molar-refractivity contribution in [3.8, 4) is 0 Å². The first-order chi connectivity index (χ1) is 28.4. The van der Waals surface area contributed by atoms with E-state index in [0.29, 0.717) is 12.2 Å². The third-order valence-electron chi connectivity index (χ3n) is 10.1. The van der Waals surface area contributed by atoms with E-state index in [1.807, 2.05) is 0 Å². The summed E-state index contributed by atoms with van der Waals surface area (Å²) in [4.78, 5) is 0. The number of halogens is 22. The van der Waals surface area contributed by atoms with Gasteiger partial charge in [0.1, 0.15) is 11.7 Å². The SMILES string of the molecule is FC(F)(F)C1CC[N-]C(C2CC(C(F)(F)F)CC[N-]2)C1.F[C]1C=C(F)C=C=C1C1CCC(C(F)(F)F)C[N-]1.F[C]1C=C(F)C=C=C1C1CCC(C(F)(F)F)C[N-]1.F[P-](F)(F)(F)(F)F.[Ir]. The molecule has 0 amide bonds. The molecule has 0 aromatic heterocycles. The molecule has 8 atom stereocenters. The minimum Gasteiger partial charge on any atom is 0 e. The fourth-order valence-electron chi connectivity index (χ4n) is 6.93. The van der Waals surface area contributed by atoms with E-state index in [0.717, 1.165) is 12.2 Å². The van der Waals surface area contributed by atoms with Crippen LogP contribution in [0.4, 0.5) is 95.4 Å². The van der Waals surface area contributed by atoms with Crippen LogP contribution in [0.15, 0.2) is 58.6 Å². The first-order valence-corrected chi connectivity index (χ1v) is 20.6. The molecule has 4 nitrogen and oxygen atoms in total. The van der Waals surface area contributed by atoms with Crippen LogP contribution in [0.3, 0.4) is 0 Å². The second-order valence-corrected chi connectivity index (χ2v) is 16.9. The first-order valence-electron chi connectivity index (χ1n) is 18.6. The monoisotopic (exact) mass is 1170 g/mol. The standard InChI is InChI=1S/C12H16F6N2.2C12H10F5N.F6P.Ir/c13-11(14,15)7-1-3-19-9(5-7)10-6-8(2-4-20-10)12(16,17)18;2*13-8-2-3-9(10(14)5-8)11-4-1-7(6-18-11)12(15,16)17;1-7(2,3,4,5)6;/h7-10H,1-6H2;2*2,5,7,11H,1,4,6H2;;/q-2;3*-1;. The Morgan fingerprint density at radius 3 is 0.984 bits per heavy atom. The van der Waals surface area contributed by atoms with Crippen LogP contribution in [0.5, 0.6) is 0 Å². The molecule has 4 fully saturated rings. The fourth-order valence-corrected chi connectivity index (χ4v) is 6.93. The smallest absolute Gasteiger partial charge is 0 e. The summed E-state index contributed by atoms with van der Waals surface area (Å²) in [6.45, 7) is -0.646. The molecule has 28 heteroatoms. The van der Waals surface area contributed by atoms with Crippen molar-refractivity contribution in [1.29, 1.82) is 0 Å². The van der Waals surface area contributed by atoms with Gasteiger partial charge < -0.3 is 21.3 Å². The van der Waals surface area contributed by atoms with Crippen LogP contribution in [-0.2, 0) is 20.1 Å². The summed E-state index contributed by atoms with van der Waals surface area (Å²) in [7, 11) is -10.7. The number of hydrogen-bond donors (Lipinski definition) is 0. The molecule has 0 aromatic carbocycles. The van der Waals surface area contributed by atoms with Crippen molar-refractivity contribution < 1.29 is 116 Å². The molecule has 373 valence electrons. The van der Waals surface area contributed by atoms with Crippen molar-refractivity contribution in [3.05, 3.63) is 92.2 Å². The number of alkyl halides is 12. The van der Waals surface area contributed by atoms with Crippen LogP contribution >= 0.6 is 7.81 Å². The van der Waals surface area contributed by atoms with Crippen molar-refractivity contribution in [2.24, 2.45) is 23.7 Å². The van der Waals surface area contributed by atoms with Gasteiger partial charge in [-0.15, -0.1) is 49.7 Å². The Balaban J connectivity index is 0.000000305. The Morgan fingerprint density at radius 1 is 0.453 bits per heavy atom. The molecular formula is C36H36F22IrN4P-5. The van der Waals surface area contributed by atoms with E-state index in [9.17, 15) is 95.4 Å². The molecule has 2 aliphatic carbocycles. The van der Waals surface area contributed by atoms with Crippen molar-refractivity contribution >= 4 is 7.81 Å². The van der Waals surface area contributed by atoms with Gasteiger partial charge in [0.15, 0.2) is 0 Å². The largest absolute Gasteiger partial charge is 0 e. The van der Waals surface area contributed by atoms with E-state index in [-0.39, 0.29) is 109 Å². The molecule has 4 saturated heterocycles. The van der Waals surface area contributed by atoms with E-state index < -0.39 is 104 Å². The Hall–Kier alpha value is -2.10. The number of hydrogen-bond acceptors (Lipinski definition) is 0. The van der Waals surface area contributed by atoms with Gasteiger partial charge in [-0.05, 0) is 36.1 Å². The van der Waals surface area contributed by atoms with Crippen LogP contribution in [0, 0.1) is 36.0 Å². The average molecular weight is 1170 g/mol. The normalized spacial score (nSPS) is 31.0. The van der Waals surface area contributed by atoms with Gasteiger partial charge in [-0.25, -0.2) is 17.6 Å².